The minimum atomic E-state index is -0.226. The molecule has 0 amide bonds. The van der Waals surface area contributed by atoms with Crippen LogP contribution in [-0.2, 0) is 0 Å². The maximum Gasteiger partial charge on any atom is 0.123 e. The van der Waals surface area contributed by atoms with Crippen LogP contribution in [0.5, 0.6) is 0 Å². The van der Waals surface area contributed by atoms with Crippen LogP contribution < -0.4 is 0 Å². The number of halogens is 1. The molecule has 4 aromatic rings. The van der Waals surface area contributed by atoms with E-state index >= 15 is 0 Å². The molecular formula is C22H16FN. The molecule has 2 heteroatoms. The van der Waals surface area contributed by atoms with Crippen LogP contribution in [0, 0.1) is 12.7 Å². The number of hydrogen-bond acceptors (Lipinski definition) is 1. The van der Waals surface area contributed by atoms with Crippen molar-refractivity contribution in [2.75, 3.05) is 0 Å². The number of aryl methyl sites for hydroxylation is 1. The van der Waals surface area contributed by atoms with Gasteiger partial charge in [0.05, 0.1) is 11.2 Å². The lowest BCUT2D eigenvalue weighted by Crippen LogP contribution is -1.90. The van der Waals surface area contributed by atoms with E-state index in [9.17, 15) is 4.39 Å². The monoisotopic (exact) mass is 313 g/mol. The highest BCUT2D eigenvalue weighted by Gasteiger charge is 2.09. The van der Waals surface area contributed by atoms with Gasteiger partial charge in [-0.25, -0.2) is 9.37 Å². The second kappa shape index (κ2) is 5.89. The molecule has 1 heterocycles. The summed E-state index contributed by atoms with van der Waals surface area (Å²) in [5.41, 5.74) is 6.22. The van der Waals surface area contributed by atoms with E-state index in [4.69, 9.17) is 4.98 Å². The number of hydrogen-bond donors (Lipinski definition) is 0. The third-order valence-electron chi connectivity index (χ3n) is 4.22. The zero-order chi connectivity index (χ0) is 16.5. The van der Waals surface area contributed by atoms with Gasteiger partial charge < -0.3 is 0 Å². The second-order valence-corrected chi connectivity index (χ2v) is 5.95. The van der Waals surface area contributed by atoms with Gasteiger partial charge in [-0.05, 0) is 42.3 Å². The lowest BCUT2D eigenvalue weighted by atomic mass is 9.98. The van der Waals surface area contributed by atoms with Crippen molar-refractivity contribution in [3.05, 3.63) is 90.2 Å². The molecule has 0 saturated carbocycles. The van der Waals surface area contributed by atoms with E-state index in [1.165, 1.54) is 17.7 Å². The fourth-order valence-electron chi connectivity index (χ4n) is 2.92. The van der Waals surface area contributed by atoms with Crippen molar-refractivity contribution in [3.8, 4) is 22.4 Å². The van der Waals surface area contributed by atoms with Gasteiger partial charge >= 0.3 is 0 Å². The Labute approximate surface area is 140 Å². The normalized spacial score (nSPS) is 10.9. The highest BCUT2D eigenvalue weighted by Crippen LogP contribution is 2.32. The van der Waals surface area contributed by atoms with Crippen LogP contribution in [0.1, 0.15) is 5.56 Å². The maximum atomic E-state index is 13.3. The Morgan fingerprint density at radius 1 is 0.750 bits per heavy atom. The fourth-order valence-corrected chi connectivity index (χ4v) is 2.92. The van der Waals surface area contributed by atoms with E-state index < -0.39 is 0 Å². The van der Waals surface area contributed by atoms with Gasteiger partial charge in [-0.15, -0.1) is 0 Å². The molecule has 0 N–H and O–H groups in total. The van der Waals surface area contributed by atoms with Gasteiger partial charge in [0.2, 0.25) is 0 Å². The van der Waals surface area contributed by atoms with Crippen LogP contribution in [0.15, 0.2) is 78.9 Å². The summed E-state index contributed by atoms with van der Waals surface area (Å²) in [5.74, 6) is -0.226. The average molecular weight is 313 g/mol. The molecular weight excluding hydrogens is 297 g/mol. The van der Waals surface area contributed by atoms with Crippen LogP contribution >= 0.6 is 0 Å². The van der Waals surface area contributed by atoms with E-state index in [1.54, 1.807) is 0 Å². The summed E-state index contributed by atoms with van der Waals surface area (Å²) in [7, 11) is 0. The Morgan fingerprint density at radius 2 is 1.42 bits per heavy atom. The van der Waals surface area contributed by atoms with Gasteiger partial charge in [0.15, 0.2) is 0 Å². The molecule has 0 saturated heterocycles. The summed E-state index contributed by atoms with van der Waals surface area (Å²) in [5, 5.41) is 1.07. The minimum Gasteiger partial charge on any atom is -0.248 e. The Balaban J connectivity index is 1.97. The molecule has 0 bridgehead atoms. The summed E-state index contributed by atoms with van der Waals surface area (Å²) in [6.45, 7) is 2.07. The van der Waals surface area contributed by atoms with Crippen LogP contribution in [0.4, 0.5) is 4.39 Å². The van der Waals surface area contributed by atoms with Crippen molar-refractivity contribution in [2.24, 2.45) is 0 Å². The Bertz CT molecular complexity index is 1000. The zero-order valence-electron chi connectivity index (χ0n) is 13.3. The van der Waals surface area contributed by atoms with Crippen molar-refractivity contribution in [1.82, 2.24) is 4.98 Å². The molecule has 0 aliphatic rings. The Hall–Kier alpha value is -3.00. The van der Waals surface area contributed by atoms with Gasteiger partial charge in [0.1, 0.15) is 5.82 Å². The topological polar surface area (TPSA) is 12.9 Å². The smallest absolute Gasteiger partial charge is 0.123 e. The first-order valence-corrected chi connectivity index (χ1v) is 7.93. The molecule has 0 spiro atoms. The number of aromatic nitrogens is 1. The van der Waals surface area contributed by atoms with Crippen LogP contribution in [0.25, 0.3) is 33.3 Å². The van der Waals surface area contributed by atoms with Gasteiger partial charge in [-0.2, -0.15) is 0 Å². The predicted octanol–water partition coefficient (Wildman–Crippen LogP) is 6.02. The standard InChI is InChI=1S/C22H16FN/c1-15-6-8-17(9-7-15)22-14-20(16-10-12-18(23)13-11-16)19-4-2-3-5-21(19)24-22/h2-14H,1H3. The number of rotatable bonds is 2. The van der Waals surface area contributed by atoms with Crippen molar-refractivity contribution in [3.63, 3.8) is 0 Å². The van der Waals surface area contributed by atoms with E-state index in [1.807, 2.05) is 30.3 Å². The number of para-hydroxylation sites is 1. The summed E-state index contributed by atoms with van der Waals surface area (Å²) in [6, 6.07) is 25.1. The van der Waals surface area contributed by atoms with Crippen molar-refractivity contribution in [1.29, 1.82) is 0 Å². The van der Waals surface area contributed by atoms with E-state index in [2.05, 4.69) is 43.3 Å². The number of nitrogens with zero attached hydrogens (tertiary/aromatic N) is 1. The molecule has 0 aliphatic heterocycles. The molecule has 0 fully saturated rings. The Kier molecular flexibility index (Phi) is 3.58. The van der Waals surface area contributed by atoms with Crippen LogP contribution in [-0.4, -0.2) is 4.98 Å². The summed E-state index contributed by atoms with van der Waals surface area (Å²) in [6.07, 6.45) is 0. The lowest BCUT2D eigenvalue weighted by molar-refractivity contribution is 0.628. The number of fused-ring (bicyclic) bond motifs is 1. The molecule has 4 rings (SSSR count). The Morgan fingerprint density at radius 3 is 2.17 bits per heavy atom. The number of pyridine rings is 1. The quantitative estimate of drug-likeness (QED) is 0.441. The van der Waals surface area contributed by atoms with Gasteiger partial charge in [0, 0.05) is 10.9 Å². The lowest BCUT2D eigenvalue weighted by Gasteiger charge is -2.10. The molecule has 1 nitrogen and oxygen atoms in total. The third-order valence-corrected chi connectivity index (χ3v) is 4.22. The van der Waals surface area contributed by atoms with Crippen molar-refractivity contribution < 1.29 is 4.39 Å². The highest BCUT2D eigenvalue weighted by molar-refractivity contribution is 5.96. The first-order valence-electron chi connectivity index (χ1n) is 7.93. The molecule has 1 aromatic heterocycles. The SMILES string of the molecule is Cc1ccc(-c2cc(-c3ccc(F)cc3)c3ccccc3n2)cc1. The molecule has 116 valence electrons. The third kappa shape index (κ3) is 2.67. The predicted molar refractivity (Wildman–Crippen MR) is 97.3 cm³/mol. The second-order valence-electron chi connectivity index (χ2n) is 5.95. The molecule has 0 unspecified atom stereocenters. The summed E-state index contributed by atoms with van der Waals surface area (Å²) >= 11 is 0. The van der Waals surface area contributed by atoms with E-state index in [0.717, 1.165) is 33.3 Å². The van der Waals surface area contributed by atoms with E-state index in [0.29, 0.717) is 0 Å². The molecule has 3 aromatic carbocycles. The highest BCUT2D eigenvalue weighted by atomic mass is 19.1. The first kappa shape index (κ1) is 14.6. The molecule has 24 heavy (non-hydrogen) atoms. The van der Waals surface area contributed by atoms with Crippen molar-refractivity contribution >= 4 is 10.9 Å². The van der Waals surface area contributed by atoms with Crippen LogP contribution in [0.3, 0.4) is 0 Å². The van der Waals surface area contributed by atoms with Gasteiger partial charge in [-0.1, -0.05) is 60.2 Å². The largest absolute Gasteiger partial charge is 0.248 e. The zero-order valence-corrected chi connectivity index (χ0v) is 13.3. The molecule has 0 aliphatic carbocycles. The summed E-state index contributed by atoms with van der Waals surface area (Å²) < 4.78 is 13.3. The maximum absolute atomic E-state index is 13.3. The fraction of sp³-hybridized carbons (Fsp3) is 0.0455. The van der Waals surface area contributed by atoms with Crippen molar-refractivity contribution in [2.45, 2.75) is 6.92 Å². The molecule has 0 atom stereocenters. The van der Waals surface area contributed by atoms with Crippen LogP contribution in [0.2, 0.25) is 0 Å². The van der Waals surface area contributed by atoms with E-state index in [-0.39, 0.29) is 5.82 Å². The van der Waals surface area contributed by atoms with Gasteiger partial charge in [0.25, 0.3) is 0 Å². The minimum absolute atomic E-state index is 0.226. The van der Waals surface area contributed by atoms with Gasteiger partial charge in [-0.3, -0.25) is 0 Å². The molecule has 0 radical (unpaired) electrons. The average Bonchev–Trinajstić information content (AvgIpc) is 2.62. The number of benzene rings is 3. The first-order chi connectivity index (χ1) is 11.7. The summed E-state index contributed by atoms with van der Waals surface area (Å²) in [4.78, 5) is 4.80.